The molecule has 2 N–H and O–H groups in total. The summed E-state index contributed by atoms with van der Waals surface area (Å²) in [6.45, 7) is 3.76. The summed E-state index contributed by atoms with van der Waals surface area (Å²) in [6, 6.07) is 16.4. The first kappa shape index (κ1) is 17.7. The molecule has 0 saturated carbocycles. The van der Waals surface area contributed by atoms with Gasteiger partial charge in [-0.2, -0.15) is 0 Å². The van der Waals surface area contributed by atoms with Crippen molar-refractivity contribution >= 4 is 17.2 Å². The molecule has 1 aromatic heterocycles. The van der Waals surface area contributed by atoms with E-state index in [1.165, 1.54) is 11.3 Å². The SMILES string of the molecule is Cc1nc(C#Cc2ccc(O)cc2)sc1C(=O)NC(C)c1ccccc1. The van der Waals surface area contributed by atoms with Crippen LogP contribution in [-0.2, 0) is 0 Å². The maximum Gasteiger partial charge on any atom is 0.263 e. The summed E-state index contributed by atoms with van der Waals surface area (Å²) in [5.41, 5.74) is 2.50. The molecule has 1 amide bonds. The largest absolute Gasteiger partial charge is 0.508 e. The lowest BCUT2D eigenvalue weighted by atomic mass is 10.1. The third-order valence-corrected chi connectivity index (χ3v) is 4.90. The number of nitrogens with one attached hydrogen (secondary N) is 1. The number of nitrogens with zero attached hydrogens (tertiary/aromatic N) is 1. The molecule has 0 spiro atoms. The smallest absolute Gasteiger partial charge is 0.263 e. The predicted molar refractivity (Wildman–Crippen MR) is 103 cm³/mol. The fourth-order valence-corrected chi connectivity index (χ4v) is 3.24. The lowest BCUT2D eigenvalue weighted by Crippen LogP contribution is -2.26. The fourth-order valence-electron chi connectivity index (χ4n) is 2.42. The van der Waals surface area contributed by atoms with Gasteiger partial charge in [-0.05, 0) is 49.6 Å². The minimum atomic E-state index is -0.144. The van der Waals surface area contributed by atoms with E-state index in [1.807, 2.05) is 44.2 Å². The highest BCUT2D eigenvalue weighted by atomic mass is 32.1. The number of carbonyl (C=O) groups excluding carboxylic acids is 1. The minimum absolute atomic E-state index is 0.0864. The number of rotatable bonds is 3. The molecule has 1 atom stereocenters. The first-order valence-electron chi connectivity index (χ1n) is 8.17. The van der Waals surface area contributed by atoms with Crippen molar-refractivity contribution in [3.8, 4) is 17.6 Å². The van der Waals surface area contributed by atoms with Crippen LogP contribution in [0.4, 0.5) is 0 Å². The number of carbonyl (C=O) groups is 1. The first-order chi connectivity index (χ1) is 12.5. The van der Waals surface area contributed by atoms with Crippen LogP contribution in [0.5, 0.6) is 5.75 Å². The molecule has 0 aliphatic heterocycles. The third-order valence-electron chi connectivity index (χ3n) is 3.83. The molecule has 0 aliphatic carbocycles. The number of aromatic hydroxyl groups is 1. The van der Waals surface area contributed by atoms with Crippen molar-refractivity contribution in [3.05, 3.63) is 81.3 Å². The molecule has 130 valence electrons. The molecule has 3 rings (SSSR count). The minimum Gasteiger partial charge on any atom is -0.508 e. The normalized spacial score (nSPS) is 11.3. The topological polar surface area (TPSA) is 62.2 Å². The van der Waals surface area contributed by atoms with Gasteiger partial charge in [-0.15, -0.1) is 11.3 Å². The number of phenolic OH excluding ortho intramolecular Hbond substituents is 1. The second-order valence-corrected chi connectivity index (χ2v) is 6.84. The van der Waals surface area contributed by atoms with E-state index in [1.54, 1.807) is 24.3 Å². The second-order valence-electron chi connectivity index (χ2n) is 5.84. The van der Waals surface area contributed by atoms with Crippen LogP contribution < -0.4 is 5.32 Å². The quantitative estimate of drug-likeness (QED) is 0.691. The molecule has 0 radical (unpaired) electrons. The molecular formula is C21H18N2O2S. The number of benzene rings is 2. The van der Waals surface area contributed by atoms with E-state index in [2.05, 4.69) is 22.1 Å². The Kier molecular flexibility index (Phi) is 5.35. The van der Waals surface area contributed by atoms with Crippen LogP contribution in [0.1, 0.15) is 44.5 Å². The fraction of sp³-hybridized carbons (Fsp3) is 0.143. The van der Waals surface area contributed by atoms with E-state index in [9.17, 15) is 9.90 Å². The molecule has 1 unspecified atom stereocenters. The van der Waals surface area contributed by atoms with Gasteiger partial charge in [0.25, 0.3) is 5.91 Å². The highest BCUT2D eigenvalue weighted by molar-refractivity contribution is 7.14. The van der Waals surface area contributed by atoms with E-state index in [-0.39, 0.29) is 17.7 Å². The maximum absolute atomic E-state index is 12.6. The summed E-state index contributed by atoms with van der Waals surface area (Å²) in [7, 11) is 0. The lowest BCUT2D eigenvalue weighted by Gasteiger charge is -2.13. The van der Waals surface area contributed by atoms with E-state index in [4.69, 9.17) is 0 Å². The number of amides is 1. The molecule has 5 heteroatoms. The van der Waals surface area contributed by atoms with Crippen molar-refractivity contribution in [2.24, 2.45) is 0 Å². The Hall–Kier alpha value is -3.10. The molecule has 26 heavy (non-hydrogen) atoms. The lowest BCUT2D eigenvalue weighted by molar-refractivity contribution is 0.0943. The van der Waals surface area contributed by atoms with Gasteiger partial charge < -0.3 is 10.4 Å². The molecular weight excluding hydrogens is 344 g/mol. The Bertz CT molecular complexity index is 967. The van der Waals surface area contributed by atoms with Gasteiger partial charge in [-0.25, -0.2) is 4.98 Å². The Morgan fingerprint density at radius 3 is 2.50 bits per heavy atom. The molecule has 4 nitrogen and oxygen atoms in total. The number of hydrogen-bond donors (Lipinski definition) is 2. The summed E-state index contributed by atoms with van der Waals surface area (Å²) >= 11 is 1.28. The van der Waals surface area contributed by atoms with Crippen LogP contribution in [-0.4, -0.2) is 16.0 Å². The van der Waals surface area contributed by atoms with Crippen LogP contribution in [0, 0.1) is 18.8 Å². The van der Waals surface area contributed by atoms with Crippen molar-refractivity contribution in [2.75, 3.05) is 0 Å². The molecule has 3 aromatic rings. The van der Waals surface area contributed by atoms with Crippen molar-refractivity contribution in [3.63, 3.8) is 0 Å². The van der Waals surface area contributed by atoms with E-state index in [0.29, 0.717) is 15.6 Å². The number of aryl methyl sites for hydroxylation is 1. The number of aromatic nitrogens is 1. The Morgan fingerprint density at radius 2 is 1.81 bits per heavy atom. The molecule has 2 aromatic carbocycles. The first-order valence-corrected chi connectivity index (χ1v) is 8.99. The van der Waals surface area contributed by atoms with E-state index < -0.39 is 0 Å². The Balaban J connectivity index is 1.73. The Morgan fingerprint density at radius 1 is 1.12 bits per heavy atom. The van der Waals surface area contributed by atoms with Gasteiger partial charge >= 0.3 is 0 Å². The molecule has 0 bridgehead atoms. The zero-order chi connectivity index (χ0) is 18.5. The van der Waals surface area contributed by atoms with Crippen LogP contribution in [0.3, 0.4) is 0 Å². The van der Waals surface area contributed by atoms with Gasteiger partial charge in [0.1, 0.15) is 10.6 Å². The average molecular weight is 362 g/mol. The van der Waals surface area contributed by atoms with Crippen molar-refractivity contribution in [1.29, 1.82) is 0 Å². The predicted octanol–water partition coefficient (Wildman–Crippen LogP) is 4.05. The number of hydrogen-bond acceptors (Lipinski definition) is 4. The van der Waals surface area contributed by atoms with Crippen molar-refractivity contribution in [1.82, 2.24) is 10.3 Å². The highest BCUT2D eigenvalue weighted by Gasteiger charge is 2.17. The van der Waals surface area contributed by atoms with Gasteiger partial charge in [0.15, 0.2) is 5.01 Å². The van der Waals surface area contributed by atoms with Crippen LogP contribution in [0.2, 0.25) is 0 Å². The van der Waals surface area contributed by atoms with Gasteiger partial charge in [-0.3, -0.25) is 4.79 Å². The van der Waals surface area contributed by atoms with Crippen LogP contribution in [0.25, 0.3) is 0 Å². The molecule has 0 aliphatic rings. The van der Waals surface area contributed by atoms with E-state index >= 15 is 0 Å². The molecule has 0 saturated heterocycles. The van der Waals surface area contributed by atoms with Crippen molar-refractivity contribution < 1.29 is 9.90 Å². The molecule has 1 heterocycles. The highest BCUT2D eigenvalue weighted by Crippen LogP contribution is 2.20. The number of thiazole rings is 1. The van der Waals surface area contributed by atoms with Crippen LogP contribution in [0.15, 0.2) is 54.6 Å². The summed E-state index contributed by atoms with van der Waals surface area (Å²) in [4.78, 5) is 17.5. The maximum atomic E-state index is 12.6. The average Bonchev–Trinajstić information content (AvgIpc) is 3.03. The summed E-state index contributed by atoms with van der Waals surface area (Å²) < 4.78 is 0. The standard InChI is InChI=1S/C21H18N2O2S/c1-14(17-6-4-3-5-7-17)23-21(25)20-15(2)22-19(26-20)13-10-16-8-11-18(24)12-9-16/h3-9,11-12,14,24H,1-2H3,(H,23,25). The van der Waals surface area contributed by atoms with E-state index in [0.717, 1.165) is 11.1 Å². The second kappa shape index (κ2) is 7.85. The van der Waals surface area contributed by atoms with Gasteiger partial charge in [0.05, 0.1) is 11.7 Å². The van der Waals surface area contributed by atoms with Gasteiger partial charge in [0, 0.05) is 5.56 Å². The van der Waals surface area contributed by atoms with Crippen LogP contribution >= 0.6 is 11.3 Å². The zero-order valence-electron chi connectivity index (χ0n) is 14.5. The van der Waals surface area contributed by atoms with Crippen molar-refractivity contribution in [2.45, 2.75) is 19.9 Å². The summed E-state index contributed by atoms with van der Waals surface area (Å²) in [6.07, 6.45) is 0. The number of phenols is 1. The summed E-state index contributed by atoms with van der Waals surface area (Å²) in [5, 5.41) is 12.9. The third kappa shape index (κ3) is 4.29. The summed E-state index contributed by atoms with van der Waals surface area (Å²) in [5.74, 6) is 6.02. The van der Waals surface area contributed by atoms with Gasteiger partial charge in [-0.1, -0.05) is 36.3 Å². The Labute approximate surface area is 156 Å². The van der Waals surface area contributed by atoms with Gasteiger partial charge in [0.2, 0.25) is 0 Å². The zero-order valence-corrected chi connectivity index (χ0v) is 15.3. The monoisotopic (exact) mass is 362 g/mol. The molecule has 0 fully saturated rings.